The van der Waals surface area contributed by atoms with Crippen molar-refractivity contribution in [1.29, 1.82) is 0 Å². The van der Waals surface area contributed by atoms with Crippen LogP contribution in [0.1, 0.15) is 43.8 Å². The molecule has 1 aromatic heterocycles. The first-order chi connectivity index (χ1) is 17.2. The molecule has 1 saturated carbocycles. The Kier molecular flexibility index (Phi) is 6.00. The third-order valence-corrected chi connectivity index (χ3v) is 7.64. The summed E-state index contributed by atoms with van der Waals surface area (Å²) in [6, 6.07) is 13.0. The van der Waals surface area contributed by atoms with Crippen molar-refractivity contribution >= 4 is 28.1 Å². The van der Waals surface area contributed by atoms with E-state index in [9.17, 15) is 0 Å². The molecule has 0 amide bonds. The highest BCUT2D eigenvalue weighted by Crippen LogP contribution is 2.42. The highest BCUT2D eigenvalue weighted by molar-refractivity contribution is 5.92. The number of hydrogen-bond acceptors (Lipinski definition) is 7. The monoisotopic (exact) mass is 473 g/mol. The molecule has 7 heteroatoms. The van der Waals surface area contributed by atoms with Crippen LogP contribution in [0.3, 0.4) is 0 Å². The van der Waals surface area contributed by atoms with E-state index in [4.69, 9.17) is 19.4 Å². The number of nitrogens with zero attached hydrogens (tertiary/aromatic N) is 5. The minimum atomic E-state index is 0.490. The molecule has 3 heterocycles. The first kappa shape index (κ1) is 22.3. The molecule has 0 spiro atoms. The van der Waals surface area contributed by atoms with Crippen LogP contribution in [-0.4, -0.2) is 63.5 Å². The zero-order valence-corrected chi connectivity index (χ0v) is 20.9. The molecule has 3 aromatic rings. The van der Waals surface area contributed by atoms with Crippen LogP contribution in [0.2, 0.25) is 0 Å². The van der Waals surface area contributed by atoms with Gasteiger partial charge in [-0.15, -0.1) is 0 Å². The number of rotatable bonds is 6. The van der Waals surface area contributed by atoms with E-state index in [1.807, 2.05) is 12.1 Å². The normalized spacial score (nSPS) is 18.7. The fraction of sp³-hybridized carbons (Fsp3) is 0.500. The molecule has 6 rings (SSSR count). The average Bonchev–Trinajstić information content (AvgIpc) is 3.78. The van der Waals surface area contributed by atoms with E-state index < -0.39 is 0 Å². The van der Waals surface area contributed by atoms with E-state index in [1.165, 1.54) is 56.6 Å². The number of para-hydroxylation sites is 2. The molecule has 2 aliphatic heterocycles. The topological polar surface area (TPSA) is 54.0 Å². The molecule has 2 aromatic carbocycles. The maximum Gasteiger partial charge on any atom is 0.162 e. The van der Waals surface area contributed by atoms with Crippen molar-refractivity contribution in [3.05, 3.63) is 42.2 Å². The second kappa shape index (κ2) is 9.44. The number of methoxy groups -OCH3 is 2. The summed E-state index contributed by atoms with van der Waals surface area (Å²) >= 11 is 0. The zero-order chi connectivity index (χ0) is 23.8. The number of hydrogen-bond donors (Lipinski definition) is 0. The highest BCUT2D eigenvalue weighted by Gasteiger charge is 2.30. The molecule has 0 atom stereocenters. The lowest BCUT2D eigenvalue weighted by Gasteiger charge is -2.40. The van der Waals surface area contributed by atoms with E-state index in [1.54, 1.807) is 14.2 Å². The van der Waals surface area contributed by atoms with Crippen molar-refractivity contribution < 1.29 is 9.47 Å². The van der Waals surface area contributed by atoms with E-state index in [0.29, 0.717) is 11.7 Å². The number of ether oxygens (including phenoxy) is 2. The van der Waals surface area contributed by atoms with Gasteiger partial charge in [-0.25, -0.2) is 9.97 Å². The molecule has 7 nitrogen and oxygen atoms in total. The van der Waals surface area contributed by atoms with Crippen molar-refractivity contribution in [1.82, 2.24) is 9.97 Å². The summed E-state index contributed by atoms with van der Waals surface area (Å²) in [4.78, 5) is 17.6. The summed E-state index contributed by atoms with van der Waals surface area (Å²) in [6.07, 6.45) is 6.29. The van der Waals surface area contributed by atoms with Crippen molar-refractivity contribution in [3.8, 4) is 11.5 Å². The van der Waals surface area contributed by atoms with Crippen LogP contribution in [-0.2, 0) is 0 Å². The maximum atomic E-state index is 5.61. The SMILES string of the molecule is COc1cc2nc(C3CC3)nc(N3CCN(c4ccccc4N4CCCCC4)CC3)c2cc1OC. The van der Waals surface area contributed by atoms with Gasteiger partial charge in [0.05, 0.1) is 31.1 Å². The first-order valence-electron chi connectivity index (χ1n) is 13.0. The summed E-state index contributed by atoms with van der Waals surface area (Å²) < 4.78 is 11.2. The second-order valence-electron chi connectivity index (χ2n) is 9.91. The number of piperidine rings is 1. The smallest absolute Gasteiger partial charge is 0.162 e. The number of benzene rings is 2. The Balaban J connectivity index is 1.29. The molecule has 1 aliphatic carbocycles. The van der Waals surface area contributed by atoms with E-state index in [-0.39, 0.29) is 0 Å². The fourth-order valence-electron chi connectivity index (χ4n) is 5.52. The summed E-state index contributed by atoms with van der Waals surface area (Å²) in [5.74, 6) is 3.92. The zero-order valence-electron chi connectivity index (χ0n) is 20.9. The molecule has 184 valence electrons. The lowest BCUT2D eigenvalue weighted by molar-refractivity contribution is 0.355. The Morgan fingerprint density at radius 2 is 1.31 bits per heavy atom. The van der Waals surface area contributed by atoms with Gasteiger partial charge in [0.1, 0.15) is 11.6 Å². The number of aromatic nitrogens is 2. The third kappa shape index (κ3) is 4.32. The molecule has 2 saturated heterocycles. The minimum absolute atomic E-state index is 0.490. The van der Waals surface area contributed by atoms with Gasteiger partial charge in [0.15, 0.2) is 11.5 Å². The van der Waals surface area contributed by atoms with Gasteiger partial charge in [0, 0.05) is 56.6 Å². The fourth-order valence-corrected chi connectivity index (χ4v) is 5.52. The molecular formula is C28H35N5O2. The van der Waals surface area contributed by atoms with Crippen molar-refractivity contribution in [2.75, 3.05) is 68.2 Å². The molecule has 0 N–H and O–H groups in total. The van der Waals surface area contributed by atoms with Gasteiger partial charge >= 0.3 is 0 Å². The Morgan fingerprint density at radius 1 is 0.714 bits per heavy atom. The standard InChI is InChI=1S/C28H35N5O2/c1-34-25-18-21-22(19-26(25)35-2)29-27(20-10-11-20)30-28(21)33-16-14-32(15-17-33)24-9-5-4-8-23(24)31-12-6-3-7-13-31/h4-5,8-9,18-20H,3,6-7,10-17H2,1-2H3. The lowest BCUT2D eigenvalue weighted by Crippen LogP contribution is -2.47. The largest absolute Gasteiger partial charge is 0.493 e. The molecule has 0 unspecified atom stereocenters. The van der Waals surface area contributed by atoms with Gasteiger partial charge in [-0.2, -0.15) is 0 Å². The molecule has 0 radical (unpaired) electrons. The van der Waals surface area contributed by atoms with Crippen molar-refractivity contribution in [3.63, 3.8) is 0 Å². The minimum Gasteiger partial charge on any atom is -0.493 e. The molecule has 3 aliphatic rings. The van der Waals surface area contributed by atoms with Gasteiger partial charge in [0.25, 0.3) is 0 Å². The van der Waals surface area contributed by atoms with Gasteiger partial charge < -0.3 is 24.2 Å². The second-order valence-corrected chi connectivity index (χ2v) is 9.91. The van der Waals surface area contributed by atoms with Gasteiger partial charge in [-0.1, -0.05) is 12.1 Å². The van der Waals surface area contributed by atoms with Crippen molar-refractivity contribution in [2.45, 2.75) is 38.0 Å². The van der Waals surface area contributed by atoms with Gasteiger partial charge in [0.2, 0.25) is 0 Å². The molecule has 0 bridgehead atoms. The average molecular weight is 474 g/mol. The van der Waals surface area contributed by atoms with Crippen LogP contribution >= 0.6 is 0 Å². The quantitative estimate of drug-likeness (QED) is 0.508. The Morgan fingerprint density at radius 3 is 1.94 bits per heavy atom. The van der Waals surface area contributed by atoms with Crippen LogP contribution in [0.4, 0.5) is 17.2 Å². The summed E-state index contributed by atoms with van der Waals surface area (Å²) in [5, 5.41) is 1.04. The third-order valence-electron chi connectivity index (χ3n) is 7.64. The van der Waals surface area contributed by atoms with Gasteiger partial charge in [-0.05, 0) is 50.3 Å². The molecular weight excluding hydrogens is 438 g/mol. The van der Waals surface area contributed by atoms with E-state index in [0.717, 1.165) is 54.5 Å². The first-order valence-corrected chi connectivity index (χ1v) is 13.0. The van der Waals surface area contributed by atoms with Gasteiger partial charge in [-0.3, -0.25) is 0 Å². The van der Waals surface area contributed by atoms with Crippen LogP contribution in [0.5, 0.6) is 11.5 Å². The Bertz CT molecular complexity index is 1200. The number of anilines is 3. The predicted octanol–water partition coefficient (Wildman–Crippen LogP) is 4.84. The Hall–Kier alpha value is -3.22. The predicted molar refractivity (Wildman–Crippen MR) is 142 cm³/mol. The summed E-state index contributed by atoms with van der Waals surface area (Å²) in [5.41, 5.74) is 3.69. The van der Waals surface area contributed by atoms with Crippen LogP contribution in [0.25, 0.3) is 10.9 Å². The molecule has 35 heavy (non-hydrogen) atoms. The summed E-state index contributed by atoms with van der Waals surface area (Å²) in [6.45, 7) is 6.14. The van der Waals surface area contributed by atoms with Crippen molar-refractivity contribution in [2.24, 2.45) is 0 Å². The number of fused-ring (bicyclic) bond motifs is 1. The van der Waals surface area contributed by atoms with Crippen LogP contribution < -0.4 is 24.2 Å². The maximum absolute atomic E-state index is 5.61. The van der Waals surface area contributed by atoms with Crippen LogP contribution in [0.15, 0.2) is 36.4 Å². The lowest BCUT2D eigenvalue weighted by atomic mass is 10.1. The van der Waals surface area contributed by atoms with E-state index >= 15 is 0 Å². The Labute approximate surface area is 207 Å². The molecule has 3 fully saturated rings. The summed E-state index contributed by atoms with van der Waals surface area (Å²) in [7, 11) is 3.36. The van der Waals surface area contributed by atoms with E-state index in [2.05, 4.69) is 39.0 Å². The highest BCUT2D eigenvalue weighted by atomic mass is 16.5. The number of piperazine rings is 1. The van der Waals surface area contributed by atoms with Crippen LogP contribution in [0, 0.1) is 0 Å².